The van der Waals surface area contributed by atoms with E-state index in [9.17, 15) is 18.9 Å². The molecule has 12 nitrogen and oxygen atoms in total. The highest BCUT2D eigenvalue weighted by molar-refractivity contribution is 7.52. The lowest BCUT2D eigenvalue weighted by atomic mass is 10.1. The molecule has 3 rings (SSSR count). The van der Waals surface area contributed by atoms with E-state index in [1.54, 1.807) is 50.4 Å². The van der Waals surface area contributed by atoms with Gasteiger partial charge < -0.3 is 19.3 Å². The van der Waals surface area contributed by atoms with Crippen molar-refractivity contribution in [1.29, 1.82) is 0 Å². The van der Waals surface area contributed by atoms with Gasteiger partial charge in [-0.1, -0.05) is 18.5 Å². The molecule has 1 aliphatic heterocycles. The molecule has 1 saturated heterocycles. The molecule has 1 aromatic heterocycles. The third kappa shape index (κ3) is 9.61. The molecule has 0 aliphatic carbocycles. The fourth-order valence-corrected chi connectivity index (χ4v) is 6.06. The van der Waals surface area contributed by atoms with Gasteiger partial charge in [-0.25, -0.2) is 9.36 Å². The van der Waals surface area contributed by atoms with Crippen LogP contribution in [0.25, 0.3) is 11.3 Å². The van der Waals surface area contributed by atoms with E-state index in [2.05, 4.69) is 15.4 Å². The highest BCUT2D eigenvalue weighted by Gasteiger charge is 2.40. The lowest BCUT2D eigenvalue weighted by Gasteiger charge is -2.28. The molecule has 0 saturated carbocycles. The van der Waals surface area contributed by atoms with E-state index in [0.717, 1.165) is 11.1 Å². The Morgan fingerprint density at radius 2 is 2.00 bits per heavy atom. The Morgan fingerprint density at radius 3 is 2.60 bits per heavy atom. The van der Waals surface area contributed by atoms with Crippen molar-refractivity contribution in [1.82, 2.24) is 20.3 Å². The molecule has 2 N–H and O–H groups in total. The van der Waals surface area contributed by atoms with Gasteiger partial charge in [-0.2, -0.15) is 5.09 Å². The fourth-order valence-electron chi connectivity index (χ4n) is 4.44. The van der Waals surface area contributed by atoms with Crippen molar-refractivity contribution in [3.8, 4) is 17.0 Å². The number of aldehydes is 1. The van der Waals surface area contributed by atoms with Crippen LogP contribution >= 0.6 is 19.3 Å². The van der Waals surface area contributed by atoms with Crippen LogP contribution < -0.4 is 14.9 Å². The maximum absolute atomic E-state index is 14.1. The van der Waals surface area contributed by atoms with Crippen LogP contribution in [0.1, 0.15) is 39.7 Å². The third-order valence-corrected chi connectivity index (χ3v) is 8.28. The number of amides is 2. The summed E-state index contributed by atoms with van der Waals surface area (Å²) in [6.45, 7) is 8.47. The van der Waals surface area contributed by atoms with Crippen molar-refractivity contribution >= 4 is 37.6 Å². The summed E-state index contributed by atoms with van der Waals surface area (Å²) in [6, 6.07) is 7.12. The topological polar surface area (TPSA) is 145 Å². The van der Waals surface area contributed by atoms with Crippen LogP contribution in [0.15, 0.2) is 48.8 Å². The Bertz CT molecular complexity index is 1360. The first-order valence-corrected chi connectivity index (χ1v) is 15.7. The molecular weight excluding hydrogens is 599 g/mol. The number of rotatable bonds is 13. The van der Waals surface area contributed by atoms with Crippen LogP contribution in [-0.2, 0) is 28.2 Å². The molecule has 2 aromatic rings. The van der Waals surface area contributed by atoms with Crippen molar-refractivity contribution in [3.63, 3.8) is 0 Å². The van der Waals surface area contributed by atoms with Crippen molar-refractivity contribution in [3.05, 3.63) is 59.4 Å². The first-order chi connectivity index (χ1) is 20.4. The van der Waals surface area contributed by atoms with Gasteiger partial charge >= 0.3 is 19.7 Å². The number of halogens is 1. The Morgan fingerprint density at radius 1 is 1.26 bits per heavy atom. The van der Waals surface area contributed by atoms with Gasteiger partial charge in [-0.05, 0) is 76.1 Å². The molecular formula is C29H38ClN4O8P. The van der Waals surface area contributed by atoms with Crippen LogP contribution in [0.2, 0.25) is 5.02 Å². The molecule has 4 unspecified atom stereocenters. The number of aryl methyl sites for hydroxylation is 1. The van der Waals surface area contributed by atoms with Crippen molar-refractivity contribution in [2.45, 2.75) is 65.5 Å². The molecule has 0 spiro atoms. The first kappa shape index (κ1) is 34.2. The molecule has 43 heavy (non-hydrogen) atoms. The van der Waals surface area contributed by atoms with Crippen LogP contribution in [-0.4, -0.2) is 66.3 Å². The summed E-state index contributed by atoms with van der Waals surface area (Å²) in [7, 11) is -2.72. The summed E-state index contributed by atoms with van der Waals surface area (Å²) >= 11 is 5.96. The molecule has 0 bridgehead atoms. The molecule has 5 atom stereocenters. The molecule has 234 valence electrons. The van der Waals surface area contributed by atoms with Crippen molar-refractivity contribution in [2.24, 2.45) is 5.92 Å². The second-order valence-electron chi connectivity index (χ2n) is 10.4. The van der Waals surface area contributed by atoms with Crippen LogP contribution in [0.5, 0.6) is 5.75 Å². The number of benzene rings is 1. The number of nitrogens with one attached hydrogen (secondary N) is 2. The van der Waals surface area contributed by atoms with E-state index >= 15 is 0 Å². The predicted molar refractivity (Wildman–Crippen MR) is 161 cm³/mol. The second-order valence-corrected chi connectivity index (χ2v) is 12.5. The molecule has 2 amide bonds. The van der Waals surface area contributed by atoms with Gasteiger partial charge in [-0.3, -0.25) is 24.0 Å². The number of ether oxygens (including phenoxy) is 2. The first-order valence-electron chi connectivity index (χ1n) is 13.8. The highest BCUT2D eigenvalue weighted by Crippen LogP contribution is 2.46. The Hall–Kier alpha value is -3.28. The van der Waals surface area contributed by atoms with Crippen molar-refractivity contribution < 1.29 is 37.5 Å². The minimum atomic E-state index is -4.18. The summed E-state index contributed by atoms with van der Waals surface area (Å²) in [5.74, 6) is -0.539. The molecule has 1 aliphatic rings. The number of pyridine rings is 1. The smallest absolute Gasteiger partial charge is 0.459 e. The zero-order valence-corrected chi connectivity index (χ0v) is 26.6. The van der Waals surface area contributed by atoms with Gasteiger partial charge in [0.05, 0.1) is 29.5 Å². The molecule has 1 aromatic carbocycles. The van der Waals surface area contributed by atoms with E-state index in [1.165, 1.54) is 31.1 Å². The van der Waals surface area contributed by atoms with Gasteiger partial charge in [0.25, 0.3) is 0 Å². The predicted octanol–water partition coefficient (Wildman–Crippen LogP) is 5.25. The number of carbonyl (C=O) groups is 3. The zero-order chi connectivity index (χ0) is 31.7. The Kier molecular flexibility index (Phi) is 12.3. The van der Waals surface area contributed by atoms with E-state index in [1.807, 2.05) is 13.8 Å². The number of hydrogen-bond donors (Lipinski definition) is 2. The lowest BCUT2D eigenvalue weighted by molar-refractivity contribution is -0.149. The summed E-state index contributed by atoms with van der Waals surface area (Å²) < 4.78 is 37.1. The Balaban J connectivity index is 1.80. The third-order valence-electron chi connectivity index (χ3n) is 6.42. The molecule has 1 fully saturated rings. The summed E-state index contributed by atoms with van der Waals surface area (Å²) in [6.07, 6.45) is 3.43. The van der Waals surface area contributed by atoms with Crippen molar-refractivity contribution in [2.75, 3.05) is 13.7 Å². The SMILES string of the molecule is CNC(=O)N(/C=C\C=O)C1OC(COP(=O)(N[C@@H](C)C(=O)OC(C)C)Oc2ccc(-c3ccc(Cl)cn3)c(C)c2)CC1C. The maximum Gasteiger partial charge on any atom is 0.459 e. The summed E-state index contributed by atoms with van der Waals surface area (Å²) in [4.78, 5) is 41.4. The van der Waals surface area contributed by atoms with E-state index in [4.69, 9.17) is 30.1 Å². The highest BCUT2D eigenvalue weighted by atomic mass is 35.5. The number of hydrogen-bond acceptors (Lipinski definition) is 9. The van der Waals surface area contributed by atoms with Crippen LogP contribution in [0, 0.1) is 12.8 Å². The monoisotopic (exact) mass is 636 g/mol. The average molecular weight is 637 g/mol. The maximum atomic E-state index is 14.1. The van der Waals surface area contributed by atoms with Gasteiger partial charge in [0.1, 0.15) is 24.3 Å². The lowest BCUT2D eigenvalue weighted by Crippen LogP contribution is -2.44. The zero-order valence-electron chi connectivity index (χ0n) is 25.0. The van der Waals surface area contributed by atoms with E-state index in [-0.39, 0.29) is 24.4 Å². The second kappa shape index (κ2) is 15.4. The summed E-state index contributed by atoms with van der Waals surface area (Å²) in [5, 5.41) is 5.71. The molecule has 0 radical (unpaired) electrons. The standard InChI is InChI=1S/C29H38ClN4O8P/c1-18(2)40-28(36)21(5)33-43(38,42-23-9-10-25(19(3)14-23)26-11-8-22(30)16-32-26)39-17-24-15-20(4)27(41-24)34(12-7-13-35)29(37)31-6/h7-14,16,18,20-21,24,27H,15,17H2,1-6H3,(H,31,37)(H,33,38)/b12-7-/t20?,21-,24?,27?,43?/m0/s1. The Labute approximate surface area is 256 Å². The van der Waals surface area contributed by atoms with E-state index in [0.29, 0.717) is 23.4 Å². The van der Waals surface area contributed by atoms with Crippen LogP contribution in [0.4, 0.5) is 4.79 Å². The summed E-state index contributed by atoms with van der Waals surface area (Å²) in [5.41, 5.74) is 2.32. The fraction of sp³-hybridized carbons (Fsp3) is 0.448. The van der Waals surface area contributed by atoms with E-state index < -0.39 is 38.1 Å². The normalized spacial score (nSPS) is 20.4. The minimum Gasteiger partial charge on any atom is -0.462 e. The number of nitrogens with zero attached hydrogens (tertiary/aromatic N) is 2. The molecule has 14 heteroatoms. The number of esters is 1. The van der Waals surface area contributed by atoms with Gasteiger partial charge in [-0.15, -0.1) is 0 Å². The minimum absolute atomic E-state index is 0.146. The largest absolute Gasteiger partial charge is 0.462 e. The van der Waals surface area contributed by atoms with Gasteiger partial charge in [0.2, 0.25) is 0 Å². The number of urea groups is 1. The molecule has 2 heterocycles. The van der Waals surface area contributed by atoms with Gasteiger partial charge in [0, 0.05) is 30.9 Å². The number of allylic oxidation sites excluding steroid dienone is 1. The quantitative estimate of drug-likeness (QED) is 0.129. The van der Waals surface area contributed by atoms with Crippen LogP contribution in [0.3, 0.4) is 0 Å². The number of aromatic nitrogens is 1. The average Bonchev–Trinajstić information content (AvgIpc) is 3.32. The van der Waals surface area contributed by atoms with Gasteiger partial charge in [0.15, 0.2) is 0 Å². The number of carbonyl (C=O) groups excluding carboxylic acids is 3.